The molecule has 2 aliphatic heterocycles. The van der Waals surface area contributed by atoms with E-state index >= 15 is 0 Å². The molecule has 0 aromatic heterocycles. The van der Waals surface area contributed by atoms with Crippen molar-refractivity contribution in [2.45, 2.75) is 38.6 Å². The third kappa shape index (κ3) is 5.38. The lowest BCUT2D eigenvalue weighted by atomic mass is 9.97. The lowest BCUT2D eigenvalue weighted by Gasteiger charge is -2.31. The SMILES string of the molecule is CCN1CCC(CNCC(=O)NC2CCOCC2)CC1. The van der Waals surface area contributed by atoms with E-state index < -0.39 is 0 Å². The van der Waals surface area contributed by atoms with Gasteiger partial charge in [-0.1, -0.05) is 6.92 Å². The number of ether oxygens (including phenoxy) is 1. The molecule has 2 saturated heterocycles. The number of nitrogens with one attached hydrogen (secondary N) is 2. The van der Waals surface area contributed by atoms with Crippen molar-refractivity contribution in [2.24, 2.45) is 5.92 Å². The van der Waals surface area contributed by atoms with Crippen LogP contribution in [0, 0.1) is 5.92 Å². The van der Waals surface area contributed by atoms with E-state index in [2.05, 4.69) is 22.5 Å². The summed E-state index contributed by atoms with van der Waals surface area (Å²) in [6.07, 6.45) is 4.40. The molecule has 5 nitrogen and oxygen atoms in total. The highest BCUT2D eigenvalue weighted by atomic mass is 16.5. The first-order chi connectivity index (χ1) is 9.78. The summed E-state index contributed by atoms with van der Waals surface area (Å²) < 4.78 is 5.29. The molecule has 0 radical (unpaired) electrons. The Kier molecular flexibility index (Phi) is 6.76. The standard InChI is InChI=1S/C15H29N3O2/c1-2-18-7-3-13(4-8-18)11-16-12-15(19)17-14-5-9-20-10-6-14/h13-14,16H,2-12H2,1H3,(H,17,19). The molecule has 0 aromatic rings. The number of hydrogen-bond acceptors (Lipinski definition) is 4. The van der Waals surface area contributed by atoms with Crippen molar-refractivity contribution in [2.75, 3.05) is 45.9 Å². The number of piperidine rings is 1. The van der Waals surface area contributed by atoms with E-state index in [4.69, 9.17) is 4.74 Å². The predicted octanol–water partition coefficient (Wildman–Crippen LogP) is 0.603. The van der Waals surface area contributed by atoms with Gasteiger partial charge in [-0.05, 0) is 57.8 Å². The molecule has 0 aliphatic carbocycles. The van der Waals surface area contributed by atoms with Crippen LogP contribution in [0.15, 0.2) is 0 Å². The maximum absolute atomic E-state index is 11.8. The Morgan fingerprint density at radius 3 is 2.55 bits per heavy atom. The van der Waals surface area contributed by atoms with Crippen LogP contribution < -0.4 is 10.6 Å². The minimum atomic E-state index is 0.128. The van der Waals surface area contributed by atoms with Crippen molar-refractivity contribution < 1.29 is 9.53 Å². The van der Waals surface area contributed by atoms with E-state index in [1.165, 1.54) is 25.9 Å². The fourth-order valence-corrected chi connectivity index (χ4v) is 3.02. The van der Waals surface area contributed by atoms with Gasteiger partial charge in [-0.15, -0.1) is 0 Å². The topological polar surface area (TPSA) is 53.6 Å². The van der Waals surface area contributed by atoms with Crippen molar-refractivity contribution >= 4 is 5.91 Å². The van der Waals surface area contributed by atoms with Crippen LogP contribution in [0.25, 0.3) is 0 Å². The first kappa shape index (κ1) is 15.7. The number of nitrogens with zero attached hydrogens (tertiary/aromatic N) is 1. The number of rotatable bonds is 6. The first-order valence-electron chi connectivity index (χ1n) is 8.08. The summed E-state index contributed by atoms with van der Waals surface area (Å²) in [4.78, 5) is 14.3. The van der Waals surface area contributed by atoms with Gasteiger partial charge in [0, 0.05) is 19.3 Å². The largest absolute Gasteiger partial charge is 0.381 e. The number of carbonyl (C=O) groups excluding carboxylic acids is 1. The zero-order chi connectivity index (χ0) is 14.2. The number of amides is 1. The molecule has 20 heavy (non-hydrogen) atoms. The number of carbonyl (C=O) groups is 1. The summed E-state index contributed by atoms with van der Waals surface area (Å²) in [6.45, 7) is 8.76. The molecule has 2 N–H and O–H groups in total. The van der Waals surface area contributed by atoms with E-state index in [0.717, 1.165) is 45.1 Å². The minimum Gasteiger partial charge on any atom is -0.381 e. The Balaban J connectivity index is 1.53. The highest BCUT2D eigenvalue weighted by Gasteiger charge is 2.19. The van der Waals surface area contributed by atoms with Gasteiger partial charge in [0.2, 0.25) is 5.91 Å². The Hall–Kier alpha value is -0.650. The summed E-state index contributed by atoms with van der Waals surface area (Å²) in [5.74, 6) is 0.858. The maximum Gasteiger partial charge on any atom is 0.234 e. The van der Waals surface area contributed by atoms with Crippen molar-refractivity contribution in [3.05, 3.63) is 0 Å². The van der Waals surface area contributed by atoms with Gasteiger partial charge in [0.1, 0.15) is 0 Å². The van der Waals surface area contributed by atoms with Gasteiger partial charge in [0.15, 0.2) is 0 Å². The molecule has 5 heteroatoms. The summed E-state index contributed by atoms with van der Waals surface area (Å²) in [6, 6.07) is 0.311. The second kappa shape index (κ2) is 8.60. The Labute approximate surface area is 122 Å². The van der Waals surface area contributed by atoms with Crippen molar-refractivity contribution in [1.82, 2.24) is 15.5 Å². The van der Waals surface area contributed by atoms with Crippen LogP contribution in [0.2, 0.25) is 0 Å². The third-order valence-electron chi connectivity index (χ3n) is 4.46. The van der Waals surface area contributed by atoms with E-state index in [1.807, 2.05) is 0 Å². The van der Waals surface area contributed by atoms with Crippen LogP contribution >= 0.6 is 0 Å². The normalized spacial score (nSPS) is 22.9. The van der Waals surface area contributed by atoms with E-state index in [-0.39, 0.29) is 5.91 Å². The fraction of sp³-hybridized carbons (Fsp3) is 0.933. The molecule has 2 heterocycles. The van der Waals surface area contributed by atoms with E-state index in [1.54, 1.807) is 0 Å². The van der Waals surface area contributed by atoms with Crippen LogP contribution in [0.3, 0.4) is 0 Å². The zero-order valence-corrected chi connectivity index (χ0v) is 12.7. The average molecular weight is 283 g/mol. The van der Waals surface area contributed by atoms with Crippen LogP contribution in [0.5, 0.6) is 0 Å². The molecule has 2 fully saturated rings. The van der Waals surface area contributed by atoms with Gasteiger partial charge in [-0.25, -0.2) is 0 Å². The average Bonchev–Trinajstić information content (AvgIpc) is 2.49. The number of likely N-dealkylation sites (tertiary alicyclic amines) is 1. The zero-order valence-electron chi connectivity index (χ0n) is 12.7. The highest BCUT2D eigenvalue weighted by Crippen LogP contribution is 2.15. The molecule has 0 atom stereocenters. The lowest BCUT2D eigenvalue weighted by Crippen LogP contribution is -2.44. The van der Waals surface area contributed by atoms with Crippen molar-refractivity contribution in [3.8, 4) is 0 Å². The number of hydrogen-bond donors (Lipinski definition) is 2. The fourth-order valence-electron chi connectivity index (χ4n) is 3.02. The van der Waals surface area contributed by atoms with Gasteiger partial charge in [0.05, 0.1) is 6.54 Å². The molecule has 0 unspecified atom stereocenters. The second-order valence-electron chi connectivity index (χ2n) is 5.96. The molecular formula is C15H29N3O2. The monoisotopic (exact) mass is 283 g/mol. The highest BCUT2D eigenvalue weighted by molar-refractivity contribution is 5.78. The lowest BCUT2D eigenvalue weighted by molar-refractivity contribution is -0.121. The summed E-state index contributed by atoms with van der Waals surface area (Å²) in [5.41, 5.74) is 0. The van der Waals surface area contributed by atoms with Crippen molar-refractivity contribution in [3.63, 3.8) is 0 Å². The summed E-state index contributed by atoms with van der Waals surface area (Å²) in [7, 11) is 0. The van der Waals surface area contributed by atoms with Crippen LogP contribution in [-0.2, 0) is 9.53 Å². The Bertz CT molecular complexity index is 285. The smallest absolute Gasteiger partial charge is 0.234 e. The molecule has 2 aliphatic rings. The molecule has 0 aromatic carbocycles. The molecule has 0 spiro atoms. The van der Waals surface area contributed by atoms with Crippen LogP contribution in [0.4, 0.5) is 0 Å². The summed E-state index contributed by atoms with van der Waals surface area (Å²) in [5, 5.41) is 6.40. The Morgan fingerprint density at radius 1 is 1.20 bits per heavy atom. The third-order valence-corrected chi connectivity index (χ3v) is 4.46. The summed E-state index contributed by atoms with van der Waals surface area (Å²) >= 11 is 0. The molecule has 0 bridgehead atoms. The first-order valence-corrected chi connectivity index (χ1v) is 8.08. The minimum absolute atomic E-state index is 0.128. The molecule has 2 rings (SSSR count). The molecule has 1 amide bonds. The predicted molar refractivity (Wildman–Crippen MR) is 79.7 cm³/mol. The van der Waals surface area contributed by atoms with Crippen molar-refractivity contribution in [1.29, 1.82) is 0 Å². The second-order valence-corrected chi connectivity index (χ2v) is 5.96. The quantitative estimate of drug-likeness (QED) is 0.750. The van der Waals surface area contributed by atoms with Gasteiger partial charge in [0.25, 0.3) is 0 Å². The van der Waals surface area contributed by atoms with Crippen LogP contribution in [-0.4, -0.2) is 62.8 Å². The maximum atomic E-state index is 11.8. The molecule has 116 valence electrons. The van der Waals surface area contributed by atoms with Crippen LogP contribution in [0.1, 0.15) is 32.6 Å². The Morgan fingerprint density at radius 2 is 1.90 bits per heavy atom. The van der Waals surface area contributed by atoms with E-state index in [0.29, 0.717) is 12.6 Å². The van der Waals surface area contributed by atoms with Gasteiger partial charge < -0.3 is 20.3 Å². The van der Waals surface area contributed by atoms with Gasteiger partial charge in [-0.3, -0.25) is 4.79 Å². The van der Waals surface area contributed by atoms with E-state index in [9.17, 15) is 4.79 Å². The molecule has 0 saturated carbocycles. The van der Waals surface area contributed by atoms with Gasteiger partial charge >= 0.3 is 0 Å². The van der Waals surface area contributed by atoms with Gasteiger partial charge in [-0.2, -0.15) is 0 Å². The molecular weight excluding hydrogens is 254 g/mol.